The first-order valence-corrected chi connectivity index (χ1v) is 4.84. The van der Waals surface area contributed by atoms with Gasteiger partial charge in [-0.15, -0.1) is 5.92 Å². The Morgan fingerprint density at radius 2 is 2.38 bits per heavy atom. The van der Waals surface area contributed by atoms with Crippen molar-refractivity contribution < 1.29 is 5.11 Å². The molecule has 0 aromatic heterocycles. The van der Waals surface area contributed by atoms with E-state index in [1.54, 1.807) is 0 Å². The molecule has 1 heteroatoms. The van der Waals surface area contributed by atoms with E-state index in [-0.39, 0.29) is 5.92 Å². The van der Waals surface area contributed by atoms with Gasteiger partial charge in [0.2, 0.25) is 0 Å². The lowest BCUT2D eigenvalue weighted by atomic mass is 9.95. The molecule has 0 radical (unpaired) electrons. The minimum Gasteiger partial charge on any atom is -0.380 e. The molecule has 0 aromatic carbocycles. The first-order valence-electron chi connectivity index (χ1n) is 4.84. The average molecular weight is 176 g/mol. The molecule has 0 heterocycles. The maximum Gasteiger partial charge on any atom is 0.121 e. The molecule has 1 nitrogen and oxygen atoms in total. The Balaban J connectivity index is 2.40. The fourth-order valence-electron chi connectivity index (χ4n) is 1.24. The molecular weight excluding hydrogens is 160 g/mol. The van der Waals surface area contributed by atoms with E-state index in [0.717, 1.165) is 19.3 Å². The van der Waals surface area contributed by atoms with Crippen LogP contribution in [0.25, 0.3) is 0 Å². The summed E-state index contributed by atoms with van der Waals surface area (Å²) in [5.41, 5.74) is 0. The summed E-state index contributed by atoms with van der Waals surface area (Å²) in [6, 6.07) is 0. The third kappa shape index (κ3) is 3.48. The van der Waals surface area contributed by atoms with Crippen LogP contribution in [0.5, 0.6) is 0 Å². The highest BCUT2D eigenvalue weighted by Gasteiger charge is 2.13. The molecule has 70 valence electrons. The van der Waals surface area contributed by atoms with E-state index < -0.39 is 6.10 Å². The van der Waals surface area contributed by atoms with Gasteiger partial charge >= 0.3 is 0 Å². The Labute approximate surface area is 80.2 Å². The third-order valence-corrected chi connectivity index (χ3v) is 2.04. The fourth-order valence-corrected chi connectivity index (χ4v) is 1.24. The molecule has 2 atom stereocenters. The van der Waals surface area contributed by atoms with Gasteiger partial charge in [0.05, 0.1) is 0 Å². The summed E-state index contributed by atoms with van der Waals surface area (Å²) in [4.78, 5) is 0. The smallest absolute Gasteiger partial charge is 0.121 e. The zero-order valence-corrected chi connectivity index (χ0v) is 8.03. The lowest BCUT2D eigenvalue weighted by Gasteiger charge is -2.14. The molecule has 0 bridgehead atoms. The lowest BCUT2D eigenvalue weighted by Crippen LogP contribution is -2.16. The van der Waals surface area contributed by atoms with Crippen molar-refractivity contribution in [3.8, 4) is 11.8 Å². The maximum atomic E-state index is 9.64. The largest absolute Gasteiger partial charge is 0.380 e. The number of hydrogen-bond donors (Lipinski definition) is 1. The quantitative estimate of drug-likeness (QED) is 0.640. The van der Waals surface area contributed by atoms with Crippen LogP contribution in [0.3, 0.4) is 0 Å². The Kier molecular flexibility index (Phi) is 4.35. The van der Waals surface area contributed by atoms with Crippen LogP contribution in [-0.4, -0.2) is 11.2 Å². The monoisotopic (exact) mass is 176 g/mol. The highest BCUT2D eigenvalue weighted by Crippen LogP contribution is 2.15. The highest BCUT2D eigenvalue weighted by atomic mass is 16.3. The number of rotatable bonds is 2. The van der Waals surface area contributed by atoms with Crippen molar-refractivity contribution in [2.75, 3.05) is 0 Å². The molecule has 0 unspecified atom stereocenters. The maximum absolute atomic E-state index is 9.64. The van der Waals surface area contributed by atoms with E-state index in [1.165, 1.54) is 0 Å². The summed E-state index contributed by atoms with van der Waals surface area (Å²) in [6.45, 7) is 2.09. The summed E-state index contributed by atoms with van der Waals surface area (Å²) < 4.78 is 0. The first kappa shape index (κ1) is 10.1. The van der Waals surface area contributed by atoms with Gasteiger partial charge in [-0.25, -0.2) is 0 Å². The number of hydrogen-bond acceptors (Lipinski definition) is 1. The predicted octanol–water partition coefficient (Wildman–Crippen LogP) is 2.28. The van der Waals surface area contributed by atoms with Gasteiger partial charge in [-0.1, -0.05) is 37.1 Å². The highest BCUT2D eigenvalue weighted by molar-refractivity contribution is 5.17. The number of aliphatic hydroxyl groups is 1. The molecule has 1 aliphatic rings. The van der Waals surface area contributed by atoms with Crippen molar-refractivity contribution in [1.82, 2.24) is 0 Å². The Bertz CT molecular complexity index is 252. The molecule has 0 saturated carbocycles. The number of aliphatic hydroxyl groups excluding tert-OH is 1. The second kappa shape index (κ2) is 5.61. The molecule has 0 aliphatic heterocycles. The average Bonchev–Trinajstić information content (AvgIpc) is 2.19. The third-order valence-electron chi connectivity index (χ3n) is 2.04. The van der Waals surface area contributed by atoms with E-state index in [4.69, 9.17) is 0 Å². The second-order valence-corrected chi connectivity index (χ2v) is 3.23. The van der Waals surface area contributed by atoms with Crippen LogP contribution in [0.2, 0.25) is 0 Å². The van der Waals surface area contributed by atoms with Crippen LogP contribution in [0.1, 0.15) is 26.2 Å². The van der Waals surface area contributed by atoms with Crippen LogP contribution in [0.4, 0.5) is 0 Å². The van der Waals surface area contributed by atoms with Crippen LogP contribution >= 0.6 is 0 Å². The zero-order chi connectivity index (χ0) is 9.52. The normalized spacial score (nSPS) is 22.2. The van der Waals surface area contributed by atoms with Gasteiger partial charge in [0.1, 0.15) is 6.10 Å². The standard InChI is InChI=1S/C12H16O/c1-2-3-5-10-12(13)11-8-6-4-7-9-11/h4,6-8,11-13H,2-3,9H2,1H3/t11-,12+/m0/s1. The van der Waals surface area contributed by atoms with Crippen molar-refractivity contribution in [2.24, 2.45) is 5.92 Å². The summed E-state index contributed by atoms with van der Waals surface area (Å²) in [7, 11) is 0. The van der Waals surface area contributed by atoms with Crippen molar-refractivity contribution in [2.45, 2.75) is 32.3 Å². The number of unbranched alkanes of at least 4 members (excludes halogenated alkanes) is 1. The zero-order valence-electron chi connectivity index (χ0n) is 8.03. The summed E-state index contributed by atoms with van der Waals surface area (Å²) in [5.74, 6) is 6.04. The van der Waals surface area contributed by atoms with Crippen LogP contribution in [-0.2, 0) is 0 Å². The van der Waals surface area contributed by atoms with Crippen LogP contribution in [0.15, 0.2) is 24.3 Å². The van der Waals surface area contributed by atoms with Gasteiger partial charge in [0.15, 0.2) is 0 Å². The number of allylic oxidation sites excluding steroid dienone is 3. The predicted molar refractivity (Wildman–Crippen MR) is 55.1 cm³/mol. The van der Waals surface area contributed by atoms with Crippen molar-refractivity contribution in [1.29, 1.82) is 0 Å². The molecule has 1 aliphatic carbocycles. The minimum atomic E-state index is -0.493. The van der Waals surface area contributed by atoms with E-state index in [0.29, 0.717) is 0 Å². The Morgan fingerprint density at radius 3 is 3.00 bits per heavy atom. The molecule has 1 N–H and O–H groups in total. The van der Waals surface area contributed by atoms with Gasteiger partial charge in [0.25, 0.3) is 0 Å². The molecule has 0 aromatic rings. The van der Waals surface area contributed by atoms with Gasteiger partial charge in [-0.3, -0.25) is 0 Å². The van der Waals surface area contributed by atoms with E-state index >= 15 is 0 Å². The molecule has 13 heavy (non-hydrogen) atoms. The summed E-state index contributed by atoms with van der Waals surface area (Å²) in [6.07, 6.45) is 10.4. The molecule has 0 spiro atoms. The van der Waals surface area contributed by atoms with Gasteiger partial charge < -0.3 is 5.11 Å². The van der Waals surface area contributed by atoms with Gasteiger partial charge in [-0.2, -0.15) is 0 Å². The second-order valence-electron chi connectivity index (χ2n) is 3.23. The molecule has 1 rings (SSSR count). The van der Waals surface area contributed by atoms with E-state index in [2.05, 4.69) is 24.8 Å². The molecular formula is C12H16O. The topological polar surface area (TPSA) is 20.2 Å². The fraction of sp³-hybridized carbons (Fsp3) is 0.500. The van der Waals surface area contributed by atoms with Crippen LogP contribution < -0.4 is 0 Å². The minimum absolute atomic E-state index is 0.189. The Morgan fingerprint density at radius 1 is 1.54 bits per heavy atom. The summed E-state index contributed by atoms with van der Waals surface area (Å²) in [5, 5.41) is 9.64. The molecule has 0 fully saturated rings. The molecule has 0 amide bonds. The van der Waals surface area contributed by atoms with Gasteiger partial charge in [0, 0.05) is 12.3 Å². The SMILES string of the molecule is CCCC#C[C@@H](O)[C@H]1C=CC=CC1. The van der Waals surface area contributed by atoms with Crippen molar-refractivity contribution in [3.63, 3.8) is 0 Å². The lowest BCUT2D eigenvalue weighted by molar-refractivity contribution is 0.186. The first-order chi connectivity index (χ1) is 6.34. The van der Waals surface area contributed by atoms with E-state index in [1.807, 2.05) is 18.2 Å². The van der Waals surface area contributed by atoms with Crippen molar-refractivity contribution in [3.05, 3.63) is 24.3 Å². The molecule has 0 saturated heterocycles. The van der Waals surface area contributed by atoms with Gasteiger partial charge in [-0.05, 0) is 12.8 Å². The summed E-state index contributed by atoms with van der Waals surface area (Å²) >= 11 is 0. The van der Waals surface area contributed by atoms with Crippen LogP contribution in [0, 0.1) is 17.8 Å². The van der Waals surface area contributed by atoms with E-state index in [9.17, 15) is 5.11 Å². The van der Waals surface area contributed by atoms with Crippen molar-refractivity contribution >= 4 is 0 Å². The Hall–Kier alpha value is -1.00.